The summed E-state index contributed by atoms with van der Waals surface area (Å²) in [5, 5.41) is 2.88. The Balaban J connectivity index is 2.02. The molecule has 0 aliphatic heterocycles. The maximum atomic E-state index is 11.8. The van der Waals surface area contributed by atoms with Crippen molar-refractivity contribution in [2.75, 3.05) is 5.32 Å². The summed E-state index contributed by atoms with van der Waals surface area (Å²) < 4.78 is 0.964. The summed E-state index contributed by atoms with van der Waals surface area (Å²) in [6, 6.07) is 3.73. The van der Waals surface area contributed by atoms with Gasteiger partial charge in [0.1, 0.15) is 5.82 Å². The van der Waals surface area contributed by atoms with Gasteiger partial charge in [-0.25, -0.2) is 4.98 Å². The molecule has 0 atom stereocenters. The molecule has 0 unspecified atom stereocenters. The highest BCUT2D eigenvalue weighted by molar-refractivity contribution is 9.10. The fourth-order valence-electron chi connectivity index (χ4n) is 2.03. The van der Waals surface area contributed by atoms with Crippen LogP contribution in [0.5, 0.6) is 0 Å². The fourth-order valence-corrected chi connectivity index (χ4v) is 2.25. The highest BCUT2D eigenvalue weighted by Gasteiger charge is 2.22. The summed E-state index contributed by atoms with van der Waals surface area (Å²) in [5.41, 5.74) is 0.893. The van der Waals surface area contributed by atoms with Crippen molar-refractivity contribution in [1.29, 1.82) is 0 Å². The van der Waals surface area contributed by atoms with Crippen LogP contribution in [-0.4, -0.2) is 10.9 Å². The number of hydrogen-bond donors (Lipinski definition) is 1. The Morgan fingerprint density at radius 3 is 2.75 bits per heavy atom. The number of aryl methyl sites for hydroxylation is 1. The number of anilines is 1. The lowest BCUT2D eigenvalue weighted by molar-refractivity contribution is -0.119. The second-order valence-corrected chi connectivity index (χ2v) is 5.09. The number of pyridine rings is 1. The minimum absolute atomic E-state index is 0.117. The SMILES string of the molecule is Cc1nc(NC(=O)C2CCCC2)ccc1Br. The highest BCUT2D eigenvalue weighted by Crippen LogP contribution is 2.26. The lowest BCUT2D eigenvalue weighted by Gasteiger charge is -2.10. The number of rotatable bonds is 2. The van der Waals surface area contributed by atoms with Gasteiger partial charge in [-0.2, -0.15) is 0 Å². The van der Waals surface area contributed by atoms with E-state index in [4.69, 9.17) is 0 Å². The van der Waals surface area contributed by atoms with Gasteiger partial charge >= 0.3 is 0 Å². The Bertz CT molecular complexity index is 400. The standard InChI is InChI=1S/C12H15BrN2O/c1-8-10(13)6-7-11(14-8)15-12(16)9-4-2-3-5-9/h6-7,9H,2-5H2,1H3,(H,14,15,16). The Morgan fingerprint density at radius 2 is 2.12 bits per heavy atom. The number of aromatic nitrogens is 1. The van der Waals surface area contributed by atoms with Gasteiger partial charge in [0.25, 0.3) is 0 Å². The molecular weight excluding hydrogens is 268 g/mol. The molecule has 86 valence electrons. The second-order valence-electron chi connectivity index (χ2n) is 4.23. The molecule has 0 radical (unpaired) electrons. The molecule has 1 aliphatic carbocycles. The average molecular weight is 283 g/mol. The van der Waals surface area contributed by atoms with Crippen molar-refractivity contribution in [3.63, 3.8) is 0 Å². The third-order valence-electron chi connectivity index (χ3n) is 3.00. The van der Waals surface area contributed by atoms with Crippen molar-refractivity contribution in [1.82, 2.24) is 4.98 Å². The van der Waals surface area contributed by atoms with Gasteiger partial charge in [-0.3, -0.25) is 4.79 Å². The number of hydrogen-bond acceptors (Lipinski definition) is 2. The predicted molar refractivity (Wildman–Crippen MR) is 67.3 cm³/mol. The van der Waals surface area contributed by atoms with Gasteiger partial charge in [0.2, 0.25) is 5.91 Å². The zero-order valence-corrected chi connectivity index (χ0v) is 10.9. The second kappa shape index (κ2) is 4.95. The van der Waals surface area contributed by atoms with Gasteiger partial charge in [0.05, 0.1) is 5.69 Å². The van der Waals surface area contributed by atoms with Crippen molar-refractivity contribution >= 4 is 27.7 Å². The number of nitrogens with one attached hydrogen (secondary N) is 1. The third-order valence-corrected chi connectivity index (χ3v) is 3.84. The van der Waals surface area contributed by atoms with Crippen molar-refractivity contribution in [2.24, 2.45) is 5.92 Å². The molecule has 1 heterocycles. The smallest absolute Gasteiger partial charge is 0.228 e. The van der Waals surface area contributed by atoms with E-state index in [1.807, 2.05) is 19.1 Å². The maximum Gasteiger partial charge on any atom is 0.228 e. The van der Waals surface area contributed by atoms with E-state index in [0.29, 0.717) is 5.82 Å². The molecule has 0 aromatic carbocycles. The van der Waals surface area contributed by atoms with Crippen molar-refractivity contribution in [2.45, 2.75) is 32.6 Å². The van der Waals surface area contributed by atoms with Crippen molar-refractivity contribution in [3.05, 3.63) is 22.3 Å². The molecule has 3 nitrogen and oxygen atoms in total. The minimum atomic E-state index is 0.117. The van der Waals surface area contributed by atoms with E-state index in [0.717, 1.165) is 23.0 Å². The molecule has 1 aliphatic rings. The minimum Gasteiger partial charge on any atom is -0.310 e. The normalized spacial score (nSPS) is 16.4. The number of nitrogens with zero attached hydrogens (tertiary/aromatic N) is 1. The Hall–Kier alpha value is -0.900. The van der Waals surface area contributed by atoms with Crippen LogP contribution in [0.1, 0.15) is 31.4 Å². The monoisotopic (exact) mass is 282 g/mol. The van der Waals surface area contributed by atoms with Gasteiger partial charge in [0, 0.05) is 10.4 Å². The van der Waals surface area contributed by atoms with Crippen LogP contribution in [0.3, 0.4) is 0 Å². The predicted octanol–water partition coefficient (Wildman–Crippen LogP) is 3.28. The quantitative estimate of drug-likeness (QED) is 0.905. The molecule has 1 aromatic heterocycles. The fraction of sp³-hybridized carbons (Fsp3) is 0.500. The zero-order valence-electron chi connectivity index (χ0n) is 9.29. The average Bonchev–Trinajstić information content (AvgIpc) is 2.77. The van der Waals surface area contributed by atoms with Crippen molar-refractivity contribution < 1.29 is 4.79 Å². The lowest BCUT2D eigenvalue weighted by atomic mass is 10.1. The molecule has 1 saturated carbocycles. The zero-order chi connectivity index (χ0) is 11.5. The molecule has 4 heteroatoms. The van der Waals surface area contributed by atoms with Crippen LogP contribution in [0.15, 0.2) is 16.6 Å². The summed E-state index contributed by atoms with van der Waals surface area (Å²) in [4.78, 5) is 16.2. The van der Waals surface area contributed by atoms with Gasteiger partial charge in [-0.1, -0.05) is 12.8 Å². The molecule has 16 heavy (non-hydrogen) atoms. The van der Waals surface area contributed by atoms with Crippen LogP contribution in [0.25, 0.3) is 0 Å². The highest BCUT2D eigenvalue weighted by atomic mass is 79.9. The Morgan fingerprint density at radius 1 is 1.44 bits per heavy atom. The summed E-state index contributed by atoms with van der Waals surface area (Å²) in [6.45, 7) is 1.91. The van der Waals surface area contributed by atoms with Crippen LogP contribution in [0, 0.1) is 12.8 Å². The first-order valence-corrected chi connectivity index (χ1v) is 6.40. The third kappa shape index (κ3) is 2.61. The van der Waals surface area contributed by atoms with Gasteiger partial charge < -0.3 is 5.32 Å². The van der Waals surface area contributed by atoms with E-state index < -0.39 is 0 Å². The first-order chi connectivity index (χ1) is 7.66. The van der Waals surface area contributed by atoms with E-state index in [9.17, 15) is 4.79 Å². The van der Waals surface area contributed by atoms with E-state index in [2.05, 4.69) is 26.2 Å². The molecule has 1 fully saturated rings. The van der Waals surface area contributed by atoms with Gasteiger partial charge in [0.15, 0.2) is 0 Å². The number of carbonyl (C=O) groups is 1. The van der Waals surface area contributed by atoms with Crippen LogP contribution >= 0.6 is 15.9 Å². The first-order valence-electron chi connectivity index (χ1n) is 5.61. The first kappa shape index (κ1) is 11.6. The molecule has 0 saturated heterocycles. The lowest BCUT2D eigenvalue weighted by Crippen LogP contribution is -2.21. The molecule has 2 rings (SSSR count). The van der Waals surface area contributed by atoms with E-state index in [-0.39, 0.29) is 11.8 Å². The summed E-state index contributed by atoms with van der Waals surface area (Å²) >= 11 is 3.39. The molecule has 1 amide bonds. The molecule has 0 spiro atoms. The van der Waals surface area contributed by atoms with E-state index in [1.54, 1.807) is 0 Å². The topological polar surface area (TPSA) is 42.0 Å². The van der Waals surface area contributed by atoms with E-state index in [1.165, 1.54) is 12.8 Å². The number of carbonyl (C=O) groups excluding carboxylic acids is 1. The molecular formula is C12H15BrN2O. The summed E-state index contributed by atoms with van der Waals surface area (Å²) in [6.07, 6.45) is 4.37. The van der Waals surface area contributed by atoms with Gasteiger partial charge in [-0.15, -0.1) is 0 Å². The van der Waals surface area contributed by atoms with Crippen LogP contribution in [0.4, 0.5) is 5.82 Å². The van der Waals surface area contributed by atoms with Gasteiger partial charge in [-0.05, 0) is 47.8 Å². The molecule has 0 bridgehead atoms. The summed E-state index contributed by atoms with van der Waals surface area (Å²) in [7, 11) is 0. The Kier molecular flexibility index (Phi) is 3.59. The number of amides is 1. The van der Waals surface area contributed by atoms with Crippen molar-refractivity contribution in [3.8, 4) is 0 Å². The number of halogens is 1. The molecule has 1 aromatic rings. The van der Waals surface area contributed by atoms with Crippen LogP contribution in [-0.2, 0) is 4.79 Å². The maximum absolute atomic E-state index is 11.8. The van der Waals surface area contributed by atoms with E-state index >= 15 is 0 Å². The molecule has 1 N–H and O–H groups in total. The van der Waals surface area contributed by atoms with Crippen LogP contribution in [0.2, 0.25) is 0 Å². The Labute approximate surface area is 104 Å². The summed E-state index contributed by atoms with van der Waals surface area (Å²) in [5.74, 6) is 0.954. The van der Waals surface area contributed by atoms with Crippen LogP contribution < -0.4 is 5.32 Å². The largest absolute Gasteiger partial charge is 0.310 e.